The average Bonchev–Trinajstić information content (AvgIpc) is 3.29. The molecule has 0 aliphatic heterocycles. The lowest BCUT2D eigenvalue weighted by Gasteiger charge is -2.13. The number of nitrogens with zero attached hydrogens (tertiary/aromatic N) is 4. The number of aryl methyl sites for hydroxylation is 2. The zero-order chi connectivity index (χ0) is 25.9. The number of hydrogen-bond donors (Lipinski definition) is 1. The van der Waals surface area contributed by atoms with Crippen molar-refractivity contribution in [2.75, 3.05) is 5.75 Å². The van der Waals surface area contributed by atoms with Crippen LogP contribution in [0.3, 0.4) is 0 Å². The maximum Gasteiger partial charge on any atom is 0.269 e. The van der Waals surface area contributed by atoms with E-state index in [4.69, 9.17) is 4.98 Å². The third-order valence-corrected chi connectivity index (χ3v) is 8.27. The number of amides is 1. The molecule has 0 unspecified atom stereocenters. The molecule has 0 saturated heterocycles. The highest BCUT2D eigenvalue weighted by Gasteiger charge is 2.23. The summed E-state index contributed by atoms with van der Waals surface area (Å²) < 4.78 is 1.59. The first kappa shape index (κ1) is 24.8. The van der Waals surface area contributed by atoms with E-state index in [0.717, 1.165) is 36.1 Å². The summed E-state index contributed by atoms with van der Waals surface area (Å²) >= 11 is 2.76. The molecule has 4 aromatic rings. The number of non-ortho nitro benzene ring substituents is 1. The van der Waals surface area contributed by atoms with E-state index in [1.54, 1.807) is 35.0 Å². The van der Waals surface area contributed by atoms with E-state index in [1.165, 1.54) is 28.8 Å². The summed E-state index contributed by atoms with van der Waals surface area (Å²) in [6.07, 6.45) is 4.05. The van der Waals surface area contributed by atoms with Gasteiger partial charge in [-0.1, -0.05) is 30.0 Å². The zero-order valence-corrected chi connectivity index (χ0v) is 21.6. The van der Waals surface area contributed by atoms with Gasteiger partial charge in [0.25, 0.3) is 17.2 Å². The maximum atomic E-state index is 13.7. The Morgan fingerprint density at radius 3 is 2.62 bits per heavy atom. The van der Waals surface area contributed by atoms with Crippen LogP contribution in [0.2, 0.25) is 0 Å². The van der Waals surface area contributed by atoms with Crippen molar-refractivity contribution in [1.29, 1.82) is 0 Å². The molecule has 1 amide bonds. The van der Waals surface area contributed by atoms with Gasteiger partial charge in [-0.15, -0.1) is 11.3 Å². The number of thioether (sulfide) groups is 1. The molecule has 37 heavy (non-hydrogen) atoms. The number of thiophene rings is 1. The van der Waals surface area contributed by atoms with Gasteiger partial charge < -0.3 is 0 Å². The summed E-state index contributed by atoms with van der Waals surface area (Å²) in [6.45, 7) is 1.70. The molecule has 2 aromatic carbocycles. The molecule has 5 rings (SSSR count). The van der Waals surface area contributed by atoms with Crippen molar-refractivity contribution in [2.45, 2.75) is 37.8 Å². The van der Waals surface area contributed by atoms with Gasteiger partial charge in [-0.2, -0.15) is 5.10 Å². The fourth-order valence-electron chi connectivity index (χ4n) is 4.29. The fraction of sp³-hybridized carbons (Fsp3) is 0.231. The molecule has 0 fully saturated rings. The van der Waals surface area contributed by atoms with E-state index in [-0.39, 0.29) is 22.9 Å². The largest absolute Gasteiger partial charge is 0.272 e. The van der Waals surface area contributed by atoms with Crippen LogP contribution in [0, 0.1) is 10.1 Å². The molecular formula is C26H23N5O4S2. The van der Waals surface area contributed by atoms with Gasteiger partial charge in [0.1, 0.15) is 4.83 Å². The first-order valence-corrected chi connectivity index (χ1v) is 13.6. The molecule has 0 atom stereocenters. The maximum absolute atomic E-state index is 13.7. The second-order valence-electron chi connectivity index (χ2n) is 8.59. The number of carbonyl (C=O) groups excluding carboxylic acids is 1. The van der Waals surface area contributed by atoms with Crippen LogP contribution in [0.4, 0.5) is 5.69 Å². The van der Waals surface area contributed by atoms with Crippen LogP contribution in [-0.4, -0.2) is 31.8 Å². The molecule has 2 aromatic heterocycles. The van der Waals surface area contributed by atoms with E-state index in [9.17, 15) is 19.7 Å². The highest BCUT2D eigenvalue weighted by molar-refractivity contribution is 7.99. The second kappa shape index (κ2) is 10.7. The standard InChI is InChI=1S/C26H23N5O4S2/c1-16(17-11-13-19(14-12-17)31(34)35)28-29-22(32)15-36-26-27-24-23(20-9-5-6-10-21(20)37-24)25(33)30(26)18-7-3-2-4-8-18/h2-4,7-8,11-14H,5-6,9-10,15H2,1H3,(H,29,32). The van der Waals surface area contributed by atoms with Gasteiger partial charge in [0.05, 0.1) is 27.5 Å². The van der Waals surface area contributed by atoms with E-state index in [2.05, 4.69) is 10.5 Å². The Bertz CT molecular complexity index is 1580. The summed E-state index contributed by atoms with van der Waals surface area (Å²) in [4.78, 5) is 43.5. The summed E-state index contributed by atoms with van der Waals surface area (Å²) in [5, 5.41) is 16.1. The monoisotopic (exact) mass is 533 g/mol. The normalized spacial score (nSPS) is 13.4. The third kappa shape index (κ3) is 5.18. The van der Waals surface area contributed by atoms with Crippen LogP contribution >= 0.6 is 23.1 Å². The molecule has 0 radical (unpaired) electrons. The molecule has 0 saturated carbocycles. The van der Waals surface area contributed by atoms with Gasteiger partial charge >= 0.3 is 0 Å². The number of hydrazone groups is 1. The van der Waals surface area contributed by atoms with Crippen molar-refractivity contribution in [1.82, 2.24) is 15.0 Å². The number of aromatic nitrogens is 2. The Morgan fingerprint density at radius 1 is 1.16 bits per heavy atom. The number of hydrogen-bond acceptors (Lipinski definition) is 8. The van der Waals surface area contributed by atoms with Gasteiger partial charge in [-0.25, -0.2) is 10.4 Å². The van der Waals surface area contributed by atoms with Crippen LogP contribution in [-0.2, 0) is 17.6 Å². The Hall–Kier alpha value is -3.83. The first-order chi connectivity index (χ1) is 17.9. The number of benzene rings is 2. The van der Waals surface area contributed by atoms with Crippen molar-refractivity contribution < 1.29 is 9.72 Å². The van der Waals surface area contributed by atoms with E-state index < -0.39 is 4.92 Å². The molecule has 0 bridgehead atoms. The molecule has 2 heterocycles. The van der Waals surface area contributed by atoms with E-state index in [0.29, 0.717) is 27.5 Å². The smallest absolute Gasteiger partial charge is 0.269 e. The minimum absolute atomic E-state index is 0.00686. The quantitative estimate of drug-likeness (QED) is 0.119. The zero-order valence-electron chi connectivity index (χ0n) is 20.0. The number of nitro groups is 1. The Labute approximate surface area is 220 Å². The Kier molecular flexibility index (Phi) is 7.15. The molecule has 11 heteroatoms. The minimum atomic E-state index is -0.471. The lowest BCUT2D eigenvalue weighted by molar-refractivity contribution is -0.384. The number of fused-ring (bicyclic) bond motifs is 3. The molecule has 1 aliphatic carbocycles. The number of para-hydroxylation sites is 1. The Balaban J connectivity index is 1.39. The van der Waals surface area contributed by atoms with Crippen LogP contribution in [0.1, 0.15) is 35.8 Å². The number of nitrogens with one attached hydrogen (secondary N) is 1. The first-order valence-electron chi connectivity index (χ1n) is 11.8. The van der Waals surface area contributed by atoms with Gasteiger partial charge in [-0.3, -0.25) is 24.3 Å². The van der Waals surface area contributed by atoms with Crippen molar-refractivity contribution in [2.24, 2.45) is 5.10 Å². The minimum Gasteiger partial charge on any atom is -0.272 e. The van der Waals surface area contributed by atoms with Crippen LogP contribution in [0.25, 0.3) is 15.9 Å². The summed E-state index contributed by atoms with van der Waals surface area (Å²) in [5.41, 5.74) is 5.39. The van der Waals surface area contributed by atoms with Crippen molar-refractivity contribution in [3.63, 3.8) is 0 Å². The number of rotatable bonds is 7. The predicted octanol–water partition coefficient (Wildman–Crippen LogP) is 4.87. The van der Waals surface area contributed by atoms with Crippen molar-refractivity contribution >= 4 is 50.6 Å². The van der Waals surface area contributed by atoms with Gasteiger partial charge in [0, 0.05) is 17.0 Å². The van der Waals surface area contributed by atoms with Gasteiger partial charge in [0.2, 0.25) is 0 Å². The van der Waals surface area contributed by atoms with Crippen molar-refractivity contribution in [3.8, 4) is 5.69 Å². The number of nitro benzene ring substituents is 1. The molecule has 0 spiro atoms. The molecule has 9 nitrogen and oxygen atoms in total. The highest BCUT2D eigenvalue weighted by Crippen LogP contribution is 2.35. The van der Waals surface area contributed by atoms with Gasteiger partial charge in [0.15, 0.2) is 5.16 Å². The number of carbonyl (C=O) groups is 1. The Morgan fingerprint density at radius 2 is 1.89 bits per heavy atom. The predicted molar refractivity (Wildman–Crippen MR) is 146 cm³/mol. The van der Waals surface area contributed by atoms with E-state index in [1.807, 2.05) is 30.3 Å². The fourth-order valence-corrected chi connectivity index (χ4v) is 6.39. The molecular weight excluding hydrogens is 510 g/mol. The second-order valence-corrected chi connectivity index (χ2v) is 10.6. The van der Waals surface area contributed by atoms with Crippen LogP contribution in [0.5, 0.6) is 0 Å². The molecule has 188 valence electrons. The summed E-state index contributed by atoms with van der Waals surface area (Å²) in [5.74, 6) is -0.349. The highest BCUT2D eigenvalue weighted by atomic mass is 32.2. The average molecular weight is 534 g/mol. The lowest BCUT2D eigenvalue weighted by Crippen LogP contribution is -2.24. The van der Waals surface area contributed by atoms with Gasteiger partial charge in [-0.05, 0) is 68.0 Å². The van der Waals surface area contributed by atoms with E-state index >= 15 is 0 Å². The topological polar surface area (TPSA) is 119 Å². The lowest BCUT2D eigenvalue weighted by atomic mass is 9.97. The van der Waals surface area contributed by atoms with Crippen LogP contribution in [0.15, 0.2) is 69.6 Å². The SMILES string of the molecule is CC(=NNC(=O)CSc1nc2sc3c(c2c(=O)n1-c1ccccc1)CCCC3)c1ccc([N+](=O)[O-])cc1. The summed E-state index contributed by atoms with van der Waals surface area (Å²) in [7, 11) is 0. The summed E-state index contributed by atoms with van der Waals surface area (Å²) in [6, 6.07) is 15.3. The molecule has 1 aliphatic rings. The van der Waals surface area contributed by atoms with Crippen LogP contribution < -0.4 is 11.0 Å². The van der Waals surface area contributed by atoms with Crippen molar-refractivity contribution in [3.05, 3.63) is 91.1 Å². The molecule has 1 N–H and O–H groups in total. The third-order valence-electron chi connectivity index (χ3n) is 6.15.